The highest BCUT2D eigenvalue weighted by atomic mass is 16.4. The summed E-state index contributed by atoms with van der Waals surface area (Å²) >= 11 is 0. The third-order valence-electron chi connectivity index (χ3n) is 4.20. The maximum Gasteiger partial charge on any atom is 0.247 e. The van der Waals surface area contributed by atoms with Gasteiger partial charge in [-0.15, -0.1) is 10.2 Å². The molecule has 134 valence electrons. The molecule has 2 heterocycles. The summed E-state index contributed by atoms with van der Waals surface area (Å²) in [5, 5.41) is 12.0. The number of nitrogens with one attached hydrogen (secondary N) is 1. The number of nitrogens with zero attached hydrogens (tertiary/aromatic N) is 3. The number of anilines is 1. The van der Waals surface area contributed by atoms with E-state index < -0.39 is 0 Å². The predicted molar refractivity (Wildman–Crippen MR) is 103 cm³/mol. The second-order valence-corrected chi connectivity index (χ2v) is 6.30. The highest BCUT2D eigenvalue weighted by molar-refractivity contribution is 6.00. The predicted octanol–water partition coefficient (Wildman–Crippen LogP) is 4.16. The molecule has 2 aromatic carbocycles. The number of benzene rings is 2. The highest BCUT2D eigenvalue weighted by Crippen LogP contribution is 2.22. The first-order valence-corrected chi connectivity index (χ1v) is 8.72. The minimum Gasteiger partial charge on any atom is -0.421 e. The van der Waals surface area contributed by atoms with Gasteiger partial charge in [0.1, 0.15) is 0 Å². The number of rotatable bonds is 5. The number of fused-ring (bicyclic) bond motifs is 1. The monoisotopic (exact) mass is 358 g/mol. The van der Waals surface area contributed by atoms with E-state index in [9.17, 15) is 4.79 Å². The molecule has 0 saturated heterocycles. The minimum absolute atomic E-state index is 0.122. The molecule has 0 spiro atoms. The Balaban J connectivity index is 1.41. The van der Waals surface area contributed by atoms with Gasteiger partial charge in [-0.05, 0) is 31.2 Å². The normalized spacial score (nSPS) is 10.9. The Morgan fingerprint density at radius 3 is 2.81 bits per heavy atom. The summed E-state index contributed by atoms with van der Waals surface area (Å²) in [5.74, 6) is 0.786. The maximum absolute atomic E-state index is 12.3. The topological polar surface area (TPSA) is 80.9 Å². The molecule has 0 atom stereocenters. The molecule has 0 fully saturated rings. The zero-order chi connectivity index (χ0) is 18.6. The van der Waals surface area contributed by atoms with E-state index in [0.29, 0.717) is 23.9 Å². The third kappa shape index (κ3) is 3.84. The van der Waals surface area contributed by atoms with Gasteiger partial charge in [-0.1, -0.05) is 35.9 Å². The van der Waals surface area contributed by atoms with Crippen LogP contribution in [0.4, 0.5) is 5.69 Å². The van der Waals surface area contributed by atoms with Gasteiger partial charge in [0.25, 0.3) is 0 Å². The van der Waals surface area contributed by atoms with Crippen LogP contribution in [0.1, 0.15) is 17.9 Å². The molecule has 0 aliphatic rings. The van der Waals surface area contributed by atoms with Gasteiger partial charge in [0.15, 0.2) is 0 Å². The number of hydrogen-bond acceptors (Lipinski definition) is 5. The van der Waals surface area contributed by atoms with Gasteiger partial charge in [-0.25, -0.2) is 0 Å². The summed E-state index contributed by atoms with van der Waals surface area (Å²) in [7, 11) is 0. The van der Waals surface area contributed by atoms with E-state index >= 15 is 0 Å². The Hall–Kier alpha value is -3.54. The largest absolute Gasteiger partial charge is 0.421 e. The van der Waals surface area contributed by atoms with Crippen molar-refractivity contribution in [1.29, 1.82) is 0 Å². The Morgan fingerprint density at radius 2 is 1.93 bits per heavy atom. The van der Waals surface area contributed by atoms with Crippen molar-refractivity contribution >= 4 is 22.5 Å². The van der Waals surface area contributed by atoms with E-state index in [1.807, 2.05) is 61.5 Å². The van der Waals surface area contributed by atoms with Crippen LogP contribution in [0.3, 0.4) is 0 Å². The van der Waals surface area contributed by atoms with Crippen molar-refractivity contribution in [3.05, 3.63) is 72.2 Å². The van der Waals surface area contributed by atoms with E-state index in [1.165, 1.54) is 0 Å². The lowest BCUT2D eigenvalue weighted by atomic mass is 10.1. The van der Waals surface area contributed by atoms with Crippen LogP contribution >= 0.6 is 0 Å². The van der Waals surface area contributed by atoms with Crippen LogP contribution in [0.5, 0.6) is 0 Å². The first kappa shape index (κ1) is 16.9. The lowest BCUT2D eigenvalue weighted by Gasteiger charge is -2.07. The molecule has 0 aliphatic heterocycles. The Morgan fingerprint density at radius 1 is 1.07 bits per heavy atom. The summed E-state index contributed by atoms with van der Waals surface area (Å²) in [4.78, 5) is 16.7. The average Bonchev–Trinajstić information content (AvgIpc) is 3.16. The first-order chi connectivity index (χ1) is 13.2. The van der Waals surface area contributed by atoms with E-state index in [1.54, 1.807) is 6.20 Å². The summed E-state index contributed by atoms with van der Waals surface area (Å²) in [6, 6.07) is 17.4. The van der Waals surface area contributed by atoms with Crippen LogP contribution in [0.25, 0.3) is 22.4 Å². The average molecular weight is 358 g/mol. The fourth-order valence-electron chi connectivity index (χ4n) is 2.89. The second kappa shape index (κ2) is 7.37. The van der Waals surface area contributed by atoms with Crippen LogP contribution < -0.4 is 5.32 Å². The summed E-state index contributed by atoms with van der Waals surface area (Å²) < 4.78 is 5.68. The molecule has 0 unspecified atom stereocenters. The standard InChI is InChI=1S/C21H18N4O2/c1-14-5-2-7-16(13-14)21-25-24-19(27-21)11-10-18(26)23-17-9-3-6-15-8-4-12-22-20(15)17/h2-9,12-13H,10-11H2,1H3,(H,23,26). The van der Waals surface area contributed by atoms with Crippen molar-refractivity contribution in [2.24, 2.45) is 0 Å². The van der Waals surface area contributed by atoms with Crippen LogP contribution in [-0.2, 0) is 11.2 Å². The van der Waals surface area contributed by atoms with Gasteiger partial charge >= 0.3 is 0 Å². The number of hydrogen-bond donors (Lipinski definition) is 1. The number of amides is 1. The van der Waals surface area contributed by atoms with Crippen LogP contribution in [0.15, 0.2) is 65.2 Å². The molecule has 0 saturated carbocycles. The van der Waals surface area contributed by atoms with Crippen LogP contribution in [0.2, 0.25) is 0 Å². The molecule has 4 rings (SSSR count). The number of para-hydroxylation sites is 1. The van der Waals surface area contributed by atoms with Gasteiger partial charge in [0, 0.05) is 30.0 Å². The summed E-state index contributed by atoms with van der Waals surface area (Å²) in [5.41, 5.74) is 3.47. The number of aromatic nitrogens is 3. The maximum atomic E-state index is 12.3. The number of carbonyl (C=O) groups excluding carboxylic acids is 1. The molecule has 2 aromatic heterocycles. The first-order valence-electron chi connectivity index (χ1n) is 8.72. The minimum atomic E-state index is -0.122. The van der Waals surface area contributed by atoms with E-state index in [2.05, 4.69) is 20.5 Å². The molecule has 4 aromatic rings. The van der Waals surface area contributed by atoms with Crippen molar-refractivity contribution in [2.75, 3.05) is 5.32 Å². The molecular weight excluding hydrogens is 340 g/mol. The van der Waals surface area contributed by atoms with Gasteiger partial charge in [0.2, 0.25) is 17.7 Å². The van der Waals surface area contributed by atoms with Gasteiger partial charge < -0.3 is 9.73 Å². The smallest absolute Gasteiger partial charge is 0.247 e. The van der Waals surface area contributed by atoms with E-state index in [0.717, 1.165) is 22.0 Å². The fraction of sp³-hybridized carbons (Fsp3) is 0.143. The summed E-state index contributed by atoms with van der Waals surface area (Å²) in [6.45, 7) is 2.01. The van der Waals surface area contributed by atoms with E-state index in [-0.39, 0.29) is 12.3 Å². The zero-order valence-corrected chi connectivity index (χ0v) is 14.8. The molecule has 0 bridgehead atoms. The Kier molecular flexibility index (Phi) is 4.61. The zero-order valence-electron chi connectivity index (χ0n) is 14.8. The Bertz CT molecular complexity index is 1100. The van der Waals surface area contributed by atoms with Gasteiger partial charge in [-0.2, -0.15) is 0 Å². The second-order valence-electron chi connectivity index (χ2n) is 6.30. The molecule has 27 heavy (non-hydrogen) atoms. The molecular formula is C21H18N4O2. The lowest BCUT2D eigenvalue weighted by Crippen LogP contribution is -2.13. The summed E-state index contributed by atoms with van der Waals surface area (Å²) in [6.07, 6.45) is 2.34. The van der Waals surface area contributed by atoms with Crippen molar-refractivity contribution in [2.45, 2.75) is 19.8 Å². The van der Waals surface area contributed by atoms with Gasteiger partial charge in [-0.3, -0.25) is 9.78 Å². The lowest BCUT2D eigenvalue weighted by molar-refractivity contribution is -0.116. The van der Waals surface area contributed by atoms with Crippen molar-refractivity contribution < 1.29 is 9.21 Å². The quantitative estimate of drug-likeness (QED) is 0.579. The third-order valence-corrected chi connectivity index (χ3v) is 4.20. The van der Waals surface area contributed by atoms with Gasteiger partial charge in [0.05, 0.1) is 11.2 Å². The number of pyridine rings is 1. The number of carbonyl (C=O) groups is 1. The highest BCUT2D eigenvalue weighted by Gasteiger charge is 2.12. The number of aryl methyl sites for hydroxylation is 2. The molecule has 1 amide bonds. The molecule has 0 aliphatic carbocycles. The van der Waals surface area contributed by atoms with E-state index in [4.69, 9.17) is 4.42 Å². The molecule has 6 heteroatoms. The van der Waals surface area contributed by atoms with Crippen LogP contribution in [0, 0.1) is 6.92 Å². The SMILES string of the molecule is Cc1cccc(-c2nnc(CCC(=O)Nc3cccc4cccnc34)o2)c1. The molecule has 6 nitrogen and oxygen atoms in total. The van der Waals surface area contributed by atoms with Crippen molar-refractivity contribution in [1.82, 2.24) is 15.2 Å². The van der Waals surface area contributed by atoms with Crippen molar-refractivity contribution in [3.8, 4) is 11.5 Å². The molecule has 0 radical (unpaired) electrons. The molecule has 1 N–H and O–H groups in total. The van der Waals surface area contributed by atoms with Crippen molar-refractivity contribution in [3.63, 3.8) is 0 Å². The fourth-order valence-corrected chi connectivity index (χ4v) is 2.89. The van der Waals surface area contributed by atoms with Crippen LogP contribution in [-0.4, -0.2) is 21.1 Å². The Labute approximate surface area is 156 Å².